The zero-order chi connectivity index (χ0) is 20.7. The van der Waals surface area contributed by atoms with Gasteiger partial charge in [0, 0.05) is 32.6 Å². The van der Waals surface area contributed by atoms with Crippen LogP contribution in [-0.2, 0) is 16.6 Å². The lowest BCUT2D eigenvalue weighted by Gasteiger charge is -2.32. The van der Waals surface area contributed by atoms with Crippen LogP contribution >= 0.6 is 0 Å². The molecular formula is C20H25N5O4. The highest BCUT2D eigenvalue weighted by molar-refractivity contribution is 6.06. The first-order chi connectivity index (χ1) is 13.9. The number of nitrogens with zero attached hydrogens (tertiary/aromatic N) is 3. The number of amides is 3. The Balaban J connectivity index is 1.75. The average Bonchev–Trinajstić information content (AvgIpc) is 2.98. The molecule has 0 spiro atoms. The molecule has 0 aliphatic carbocycles. The third-order valence-corrected chi connectivity index (χ3v) is 6.05. The van der Waals surface area contributed by atoms with Gasteiger partial charge in [-0.2, -0.15) is 0 Å². The van der Waals surface area contributed by atoms with E-state index in [9.17, 15) is 19.2 Å². The van der Waals surface area contributed by atoms with Crippen LogP contribution in [0, 0.1) is 0 Å². The van der Waals surface area contributed by atoms with Gasteiger partial charge in [-0.05, 0) is 38.4 Å². The topological polar surface area (TPSA) is 105 Å². The summed E-state index contributed by atoms with van der Waals surface area (Å²) in [5.41, 5.74) is 1.13. The number of benzene rings is 1. The molecule has 3 amide bonds. The molecule has 1 unspecified atom stereocenters. The molecule has 29 heavy (non-hydrogen) atoms. The Bertz CT molecular complexity index is 1050. The lowest BCUT2D eigenvalue weighted by atomic mass is 10.0. The number of aryl methyl sites for hydroxylation is 1. The van der Waals surface area contributed by atoms with E-state index < -0.39 is 11.9 Å². The fourth-order valence-electron chi connectivity index (χ4n) is 4.38. The van der Waals surface area contributed by atoms with E-state index in [0.29, 0.717) is 35.7 Å². The van der Waals surface area contributed by atoms with Crippen LogP contribution in [0.3, 0.4) is 0 Å². The standard InChI is InChI=1S/C20H25N5O4/c1-21-12-8-10-24(11-9-12)19(28)13-4-3-5-14-17(13)23(2)20(29)25(14)15-6-7-16(26)22-18(15)27/h3-5,12,15,21H,6-11H2,1-2H3,(H,22,26,27). The maximum absolute atomic E-state index is 13.2. The van der Waals surface area contributed by atoms with Gasteiger partial charge in [0.15, 0.2) is 0 Å². The van der Waals surface area contributed by atoms with E-state index in [4.69, 9.17) is 0 Å². The molecule has 0 bridgehead atoms. The van der Waals surface area contributed by atoms with Crippen molar-refractivity contribution in [2.75, 3.05) is 20.1 Å². The third kappa shape index (κ3) is 3.25. The molecule has 2 aliphatic heterocycles. The van der Waals surface area contributed by atoms with Crippen LogP contribution in [0.25, 0.3) is 11.0 Å². The second-order valence-electron chi connectivity index (χ2n) is 7.71. The Morgan fingerprint density at radius 1 is 1.14 bits per heavy atom. The van der Waals surface area contributed by atoms with Gasteiger partial charge in [0.1, 0.15) is 6.04 Å². The van der Waals surface area contributed by atoms with Crippen LogP contribution < -0.4 is 16.3 Å². The van der Waals surface area contributed by atoms with Gasteiger partial charge in [-0.15, -0.1) is 0 Å². The van der Waals surface area contributed by atoms with Crippen molar-refractivity contribution in [2.24, 2.45) is 7.05 Å². The van der Waals surface area contributed by atoms with Gasteiger partial charge < -0.3 is 10.2 Å². The first kappa shape index (κ1) is 19.4. The SMILES string of the molecule is CNC1CCN(C(=O)c2cccc3c2n(C)c(=O)n3C2CCC(=O)NC2=O)CC1. The maximum Gasteiger partial charge on any atom is 0.329 e. The second-order valence-corrected chi connectivity index (χ2v) is 7.71. The number of rotatable bonds is 3. The fourth-order valence-corrected chi connectivity index (χ4v) is 4.38. The number of hydrogen-bond acceptors (Lipinski definition) is 5. The molecule has 1 aromatic heterocycles. The van der Waals surface area contributed by atoms with Crippen LogP contribution in [-0.4, -0.2) is 57.9 Å². The molecule has 2 fully saturated rings. The molecule has 2 saturated heterocycles. The van der Waals surface area contributed by atoms with Gasteiger partial charge in [-0.25, -0.2) is 4.79 Å². The summed E-state index contributed by atoms with van der Waals surface area (Å²) in [7, 11) is 3.54. The summed E-state index contributed by atoms with van der Waals surface area (Å²) in [6.07, 6.45) is 2.21. The normalized spacial score (nSPS) is 20.9. The van der Waals surface area contributed by atoms with Crippen molar-refractivity contribution in [1.29, 1.82) is 0 Å². The number of nitrogens with one attached hydrogen (secondary N) is 2. The number of carbonyl (C=O) groups excluding carboxylic acids is 3. The molecule has 1 atom stereocenters. The van der Waals surface area contributed by atoms with Crippen LogP contribution in [0.4, 0.5) is 0 Å². The highest BCUT2D eigenvalue weighted by Crippen LogP contribution is 2.26. The van der Waals surface area contributed by atoms with Gasteiger partial charge in [-0.3, -0.25) is 28.8 Å². The molecular weight excluding hydrogens is 374 g/mol. The van der Waals surface area contributed by atoms with E-state index in [1.165, 1.54) is 9.13 Å². The lowest BCUT2D eigenvalue weighted by Crippen LogP contribution is -2.44. The minimum absolute atomic E-state index is 0.110. The predicted molar refractivity (Wildman–Crippen MR) is 107 cm³/mol. The van der Waals surface area contributed by atoms with E-state index in [1.54, 1.807) is 25.2 Å². The van der Waals surface area contributed by atoms with Gasteiger partial charge in [0.2, 0.25) is 11.8 Å². The number of fused-ring (bicyclic) bond motifs is 1. The summed E-state index contributed by atoms with van der Waals surface area (Å²) in [5.74, 6) is -0.928. The van der Waals surface area contributed by atoms with Crippen LogP contribution in [0.15, 0.2) is 23.0 Å². The first-order valence-corrected chi connectivity index (χ1v) is 9.92. The molecule has 0 saturated carbocycles. The Hall–Kier alpha value is -2.94. The van der Waals surface area contributed by atoms with Crippen LogP contribution in [0.1, 0.15) is 42.1 Å². The highest BCUT2D eigenvalue weighted by atomic mass is 16.2. The van der Waals surface area contributed by atoms with Crippen LogP contribution in [0.2, 0.25) is 0 Å². The van der Waals surface area contributed by atoms with E-state index in [-0.39, 0.29) is 30.3 Å². The molecule has 154 valence electrons. The number of carbonyl (C=O) groups is 3. The summed E-state index contributed by atoms with van der Waals surface area (Å²) in [6, 6.07) is 4.85. The van der Waals surface area contributed by atoms with E-state index in [0.717, 1.165) is 12.8 Å². The molecule has 9 heteroatoms. The zero-order valence-corrected chi connectivity index (χ0v) is 16.6. The summed E-state index contributed by atoms with van der Waals surface area (Å²) in [5, 5.41) is 5.55. The third-order valence-electron chi connectivity index (χ3n) is 6.05. The van der Waals surface area contributed by atoms with Crippen molar-refractivity contribution in [3.05, 3.63) is 34.2 Å². The molecule has 2 aromatic rings. The molecule has 4 rings (SSSR count). The maximum atomic E-state index is 13.2. The van der Waals surface area contributed by atoms with Crippen molar-refractivity contribution in [3.8, 4) is 0 Å². The minimum atomic E-state index is -0.763. The molecule has 0 radical (unpaired) electrons. The summed E-state index contributed by atoms with van der Waals surface area (Å²) < 4.78 is 2.83. The van der Waals surface area contributed by atoms with E-state index in [2.05, 4.69) is 10.6 Å². The van der Waals surface area contributed by atoms with Crippen LogP contribution in [0.5, 0.6) is 0 Å². The average molecular weight is 399 g/mol. The largest absolute Gasteiger partial charge is 0.338 e. The minimum Gasteiger partial charge on any atom is -0.338 e. The molecule has 1 aromatic carbocycles. The molecule has 9 nitrogen and oxygen atoms in total. The quantitative estimate of drug-likeness (QED) is 0.715. The Kier molecular flexibility index (Phi) is 4.99. The Morgan fingerprint density at radius 2 is 1.86 bits per heavy atom. The van der Waals surface area contributed by atoms with Crippen molar-refractivity contribution in [3.63, 3.8) is 0 Å². The first-order valence-electron chi connectivity index (χ1n) is 9.92. The number of hydrogen-bond donors (Lipinski definition) is 2. The Labute approximate surface area is 167 Å². The van der Waals surface area contributed by atoms with Gasteiger partial charge in [0.05, 0.1) is 16.6 Å². The number of imide groups is 1. The number of para-hydroxylation sites is 1. The van der Waals surface area contributed by atoms with Gasteiger partial charge >= 0.3 is 5.69 Å². The predicted octanol–water partition coefficient (Wildman–Crippen LogP) is 0.142. The Morgan fingerprint density at radius 3 is 2.52 bits per heavy atom. The summed E-state index contributed by atoms with van der Waals surface area (Å²) in [6.45, 7) is 1.31. The zero-order valence-electron chi connectivity index (χ0n) is 16.6. The van der Waals surface area contributed by atoms with Gasteiger partial charge in [-0.1, -0.05) is 6.07 Å². The van der Waals surface area contributed by atoms with E-state index in [1.807, 2.05) is 11.9 Å². The van der Waals surface area contributed by atoms with E-state index >= 15 is 0 Å². The number of imidazole rings is 1. The number of likely N-dealkylation sites (tertiary alicyclic amines) is 1. The van der Waals surface area contributed by atoms with Crippen molar-refractivity contribution in [1.82, 2.24) is 24.7 Å². The van der Waals surface area contributed by atoms with Crippen molar-refractivity contribution < 1.29 is 14.4 Å². The summed E-state index contributed by atoms with van der Waals surface area (Å²) >= 11 is 0. The fraction of sp³-hybridized carbons (Fsp3) is 0.500. The van der Waals surface area contributed by atoms with Crippen molar-refractivity contribution >= 4 is 28.8 Å². The molecule has 2 aliphatic rings. The highest BCUT2D eigenvalue weighted by Gasteiger charge is 2.32. The van der Waals surface area contributed by atoms with Crippen molar-refractivity contribution in [2.45, 2.75) is 37.8 Å². The number of piperidine rings is 2. The van der Waals surface area contributed by atoms with Gasteiger partial charge in [0.25, 0.3) is 5.91 Å². The lowest BCUT2D eigenvalue weighted by molar-refractivity contribution is -0.135. The number of aromatic nitrogens is 2. The summed E-state index contributed by atoms with van der Waals surface area (Å²) in [4.78, 5) is 51.9. The smallest absolute Gasteiger partial charge is 0.329 e. The molecule has 3 heterocycles. The monoisotopic (exact) mass is 399 g/mol. The molecule has 2 N–H and O–H groups in total. The second kappa shape index (κ2) is 7.47.